The van der Waals surface area contributed by atoms with Crippen molar-refractivity contribution in [3.8, 4) is 5.75 Å². The third kappa shape index (κ3) is 2.27. The van der Waals surface area contributed by atoms with Gasteiger partial charge in [0.2, 0.25) is 0 Å². The molecule has 2 aromatic carbocycles. The van der Waals surface area contributed by atoms with Gasteiger partial charge >= 0.3 is 0 Å². The first-order valence-corrected chi connectivity index (χ1v) is 6.47. The zero-order valence-corrected chi connectivity index (χ0v) is 11.4. The van der Waals surface area contributed by atoms with Gasteiger partial charge < -0.3 is 9.67 Å². The number of phenolic OH excluding ortho intramolecular Hbond substituents is 1. The molecule has 0 aliphatic rings. The molecule has 0 radical (unpaired) electrons. The number of halogens is 2. The minimum Gasteiger partial charge on any atom is -0.506 e. The van der Waals surface area contributed by atoms with Gasteiger partial charge in [-0.3, -0.25) is 0 Å². The first-order chi connectivity index (χ1) is 9.15. The van der Waals surface area contributed by atoms with Crippen LogP contribution in [0.15, 0.2) is 42.7 Å². The molecule has 5 heteroatoms. The molecule has 19 heavy (non-hydrogen) atoms. The van der Waals surface area contributed by atoms with Crippen molar-refractivity contribution in [3.05, 3.63) is 58.3 Å². The summed E-state index contributed by atoms with van der Waals surface area (Å²) >= 11 is 12.0. The third-order valence-electron chi connectivity index (χ3n) is 2.97. The average molecular weight is 293 g/mol. The van der Waals surface area contributed by atoms with Crippen LogP contribution in [0, 0.1) is 0 Å². The van der Waals surface area contributed by atoms with E-state index in [1.54, 1.807) is 30.6 Å². The van der Waals surface area contributed by atoms with E-state index in [0.29, 0.717) is 22.1 Å². The van der Waals surface area contributed by atoms with Gasteiger partial charge in [-0.2, -0.15) is 0 Å². The molecule has 3 aromatic rings. The lowest BCUT2D eigenvalue weighted by molar-refractivity contribution is 0.478. The Hall–Kier alpha value is -1.71. The maximum Gasteiger partial charge on any atom is 0.141 e. The number of hydrogen-bond acceptors (Lipinski definition) is 2. The van der Waals surface area contributed by atoms with Crippen LogP contribution < -0.4 is 0 Å². The minimum atomic E-state index is 0.208. The predicted octanol–water partition coefficient (Wildman–Crippen LogP) is 4.10. The highest BCUT2D eigenvalue weighted by molar-refractivity contribution is 6.35. The molecule has 1 N–H and O–H groups in total. The van der Waals surface area contributed by atoms with Crippen molar-refractivity contribution in [2.75, 3.05) is 0 Å². The van der Waals surface area contributed by atoms with Gasteiger partial charge in [0.1, 0.15) is 11.3 Å². The van der Waals surface area contributed by atoms with Gasteiger partial charge in [0.25, 0.3) is 0 Å². The smallest absolute Gasteiger partial charge is 0.141 e. The van der Waals surface area contributed by atoms with Crippen molar-refractivity contribution in [1.82, 2.24) is 9.55 Å². The van der Waals surface area contributed by atoms with Crippen LogP contribution in [0.25, 0.3) is 11.0 Å². The zero-order valence-electron chi connectivity index (χ0n) is 9.85. The second kappa shape index (κ2) is 4.76. The van der Waals surface area contributed by atoms with Crippen molar-refractivity contribution >= 4 is 34.2 Å². The van der Waals surface area contributed by atoms with Gasteiger partial charge in [-0.05, 0) is 29.8 Å². The average Bonchev–Trinajstić information content (AvgIpc) is 2.77. The molecule has 3 rings (SSSR count). The lowest BCUT2D eigenvalue weighted by Crippen LogP contribution is -1.98. The van der Waals surface area contributed by atoms with E-state index < -0.39 is 0 Å². The summed E-state index contributed by atoms with van der Waals surface area (Å²) < 4.78 is 1.86. The van der Waals surface area contributed by atoms with E-state index >= 15 is 0 Å². The summed E-state index contributed by atoms with van der Waals surface area (Å²) in [5.41, 5.74) is 2.38. The number of rotatable bonds is 2. The number of benzene rings is 2. The van der Waals surface area contributed by atoms with Crippen molar-refractivity contribution in [1.29, 1.82) is 0 Å². The van der Waals surface area contributed by atoms with Crippen molar-refractivity contribution in [2.24, 2.45) is 0 Å². The molecule has 0 aliphatic carbocycles. The number of para-hydroxylation sites is 1. The molecule has 0 saturated carbocycles. The highest BCUT2D eigenvalue weighted by atomic mass is 35.5. The first kappa shape index (κ1) is 12.3. The summed E-state index contributed by atoms with van der Waals surface area (Å²) in [5, 5.41) is 11.1. The maximum atomic E-state index is 9.92. The van der Waals surface area contributed by atoms with E-state index in [1.165, 1.54) is 0 Å². The monoisotopic (exact) mass is 292 g/mol. The number of nitrogens with zero attached hydrogens (tertiary/aromatic N) is 2. The fourth-order valence-corrected chi connectivity index (χ4v) is 2.53. The molecule has 0 amide bonds. The summed E-state index contributed by atoms with van der Waals surface area (Å²) in [6.45, 7) is 0.532. The largest absolute Gasteiger partial charge is 0.506 e. The van der Waals surface area contributed by atoms with Crippen LogP contribution in [-0.2, 0) is 6.54 Å². The molecule has 0 aliphatic heterocycles. The van der Waals surface area contributed by atoms with Gasteiger partial charge in [0.15, 0.2) is 0 Å². The van der Waals surface area contributed by atoms with Crippen molar-refractivity contribution in [2.45, 2.75) is 6.54 Å². The van der Waals surface area contributed by atoms with E-state index in [9.17, 15) is 5.11 Å². The molecule has 96 valence electrons. The molecule has 0 bridgehead atoms. The summed E-state index contributed by atoms with van der Waals surface area (Å²) in [6.07, 6.45) is 1.69. The molecule has 3 nitrogen and oxygen atoms in total. The van der Waals surface area contributed by atoms with E-state index in [1.807, 2.05) is 16.7 Å². The van der Waals surface area contributed by atoms with Crippen LogP contribution in [0.5, 0.6) is 5.75 Å². The van der Waals surface area contributed by atoms with Crippen LogP contribution in [0.2, 0.25) is 10.0 Å². The fourth-order valence-electron chi connectivity index (χ4n) is 2.06. The van der Waals surface area contributed by atoms with Crippen LogP contribution in [0.3, 0.4) is 0 Å². The number of imidazole rings is 1. The quantitative estimate of drug-likeness (QED) is 0.772. The van der Waals surface area contributed by atoms with E-state index in [0.717, 1.165) is 11.1 Å². The molecular weight excluding hydrogens is 283 g/mol. The number of phenols is 1. The second-order valence-corrected chi connectivity index (χ2v) is 5.10. The number of hydrogen-bond donors (Lipinski definition) is 1. The molecule has 0 fully saturated rings. The van der Waals surface area contributed by atoms with Crippen molar-refractivity contribution < 1.29 is 5.11 Å². The zero-order chi connectivity index (χ0) is 13.4. The molecule has 0 atom stereocenters. The summed E-state index contributed by atoms with van der Waals surface area (Å²) in [4.78, 5) is 4.26. The Morgan fingerprint density at radius 3 is 2.79 bits per heavy atom. The topological polar surface area (TPSA) is 38.1 Å². The minimum absolute atomic E-state index is 0.208. The normalized spacial score (nSPS) is 11.1. The lowest BCUT2D eigenvalue weighted by Gasteiger charge is -2.08. The van der Waals surface area contributed by atoms with E-state index in [2.05, 4.69) is 4.98 Å². The highest BCUT2D eigenvalue weighted by Gasteiger charge is 2.09. The van der Waals surface area contributed by atoms with Gasteiger partial charge in [0, 0.05) is 10.0 Å². The Morgan fingerprint density at radius 1 is 1.16 bits per heavy atom. The van der Waals surface area contributed by atoms with Crippen LogP contribution in [-0.4, -0.2) is 14.7 Å². The Kier molecular flexibility index (Phi) is 3.09. The van der Waals surface area contributed by atoms with E-state index in [-0.39, 0.29) is 5.75 Å². The molecule has 1 aromatic heterocycles. The Labute approximate surface area is 120 Å². The molecule has 0 saturated heterocycles. The van der Waals surface area contributed by atoms with Crippen molar-refractivity contribution in [3.63, 3.8) is 0 Å². The van der Waals surface area contributed by atoms with Gasteiger partial charge in [-0.1, -0.05) is 35.3 Å². The summed E-state index contributed by atoms with van der Waals surface area (Å²) in [7, 11) is 0. The summed E-state index contributed by atoms with van der Waals surface area (Å²) in [5.74, 6) is 0.208. The Balaban J connectivity index is 2.06. The SMILES string of the molecule is Oc1cccc2ncn(Cc3ccc(Cl)cc3Cl)c12. The number of aromatic nitrogens is 2. The Morgan fingerprint density at radius 2 is 2.00 bits per heavy atom. The van der Waals surface area contributed by atoms with Crippen LogP contribution >= 0.6 is 23.2 Å². The molecule has 1 heterocycles. The van der Waals surface area contributed by atoms with Crippen LogP contribution in [0.4, 0.5) is 0 Å². The second-order valence-electron chi connectivity index (χ2n) is 4.25. The van der Waals surface area contributed by atoms with Gasteiger partial charge in [-0.15, -0.1) is 0 Å². The molecule has 0 spiro atoms. The van der Waals surface area contributed by atoms with E-state index in [4.69, 9.17) is 23.2 Å². The molecule has 0 unspecified atom stereocenters. The predicted molar refractivity (Wildman–Crippen MR) is 77.0 cm³/mol. The summed E-state index contributed by atoms with van der Waals surface area (Å²) in [6, 6.07) is 10.6. The highest BCUT2D eigenvalue weighted by Crippen LogP contribution is 2.26. The first-order valence-electron chi connectivity index (χ1n) is 5.72. The van der Waals surface area contributed by atoms with Gasteiger partial charge in [-0.25, -0.2) is 4.98 Å². The number of aromatic hydroxyl groups is 1. The maximum absolute atomic E-state index is 9.92. The van der Waals surface area contributed by atoms with Crippen LogP contribution in [0.1, 0.15) is 5.56 Å². The standard InChI is InChI=1S/C14H10Cl2N2O/c15-10-5-4-9(11(16)6-10)7-18-8-17-12-2-1-3-13(19)14(12)18/h1-6,8,19H,7H2. The fraction of sp³-hybridized carbons (Fsp3) is 0.0714. The third-order valence-corrected chi connectivity index (χ3v) is 3.56. The Bertz CT molecular complexity index is 752. The lowest BCUT2D eigenvalue weighted by atomic mass is 10.2. The molecular formula is C14H10Cl2N2O. The number of fused-ring (bicyclic) bond motifs is 1. The van der Waals surface area contributed by atoms with Gasteiger partial charge in [0.05, 0.1) is 18.4 Å².